The molecule has 3 aliphatic rings. The highest BCUT2D eigenvalue weighted by atomic mass is 16.7. The third kappa shape index (κ3) is 5.66. The summed E-state index contributed by atoms with van der Waals surface area (Å²) < 4.78 is 27.0. The van der Waals surface area contributed by atoms with Crippen LogP contribution in [0.25, 0.3) is 6.08 Å². The fourth-order valence-corrected chi connectivity index (χ4v) is 4.96. The van der Waals surface area contributed by atoms with E-state index in [1.165, 1.54) is 37.3 Å². The summed E-state index contributed by atoms with van der Waals surface area (Å²) in [5.41, 5.74) is 0.445. The lowest BCUT2D eigenvalue weighted by Crippen LogP contribution is -2.61. The Labute approximate surface area is 238 Å². The van der Waals surface area contributed by atoms with E-state index in [-0.39, 0.29) is 28.6 Å². The fraction of sp³-hybridized carbons (Fsp3) is 0.481. The van der Waals surface area contributed by atoms with Crippen molar-refractivity contribution in [3.8, 4) is 28.7 Å². The number of aliphatic hydroxyl groups excluding tert-OH is 6. The normalized spacial score (nSPS) is 36.5. The molecule has 42 heavy (non-hydrogen) atoms. The third-order valence-corrected chi connectivity index (χ3v) is 7.41. The molecule has 11 atom stereocenters. The Bertz CT molecular complexity index is 1320. The maximum Gasteiger partial charge on any atom is 0.270 e. The minimum atomic E-state index is -1.80. The number of fused-ring (bicyclic) bond motifs is 1. The van der Waals surface area contributed by atoms with Gasteiger partial charge in [-0.2, -0.15) is 0 Å². The van der Waals surface area contributed by atoms with Gasteiger partial charge in [-0.3, -0.25) is 0 Å². The molecule has 15 heteroatoms. The van der Waals surface area contributed by atoms with Gasteiger partial charge in [0.05, 0.1) is 24.3 Å². The molecule has 0 saturated carbocycles. The number of phenols is 4. The van der Waals surface area contributed by atoms with Crippen molar-refractivity contribution in [3.05, 3.63) is 47.2 Å². The summed E-state index contributed by atoms with van der Waals surface area (Å²) >= 11 is 0. The van der Waals surface area contributed by atoms with Gasteiger partial charge in [0.15, 0.2) is 23.5 Å². The molecule has 5 rings (SSSR count). The predicted octanol–water partition coefficient (Wildman–Crippen LogP) is -1.49. The van der Waals surface area contributed by atoms with E-state index in [1.54, 1.807) is 0 Å². The Hall–Kier alpha value is -3.38. The lowest BCUT2D eigenvalue weighted by molar-refractivity contribution is -0.325. The smallest absolute Gasteiger partial charge is 0.270 e. The zero-order valence-corrected chi connectivity index (χ0v) is 22.1. The number of rotatable bonds is 6. The monoisotopic (exact) mass is 597 g/mol. The van der Waals surface area contributed by atoms with Gasteiger partial charge >= 0.3 is 0 Å². The van der Waals surface area contributed by atoms with Gasteiger partial charge in [0, 0.05) is 12.1 Å². The number of phenolic OH excluding ortho intramolecular Hbond substituents is 4. The molecule has 0 aromatic heterocycles. The van der Waals surface area contributed by atoms with Crippen molar-refractivity contribution in [3.63, 3.8) is 0 Å². The zero-order valence-electron chi connectivity index (χ0n) is 22.1. The third-order valence-electron chi connectivity index (χ3n) is 7.41. The van der Waals surface area contributed by atoms with Gasteiger partial charge in [-0.25, -0.2) is 0 Å². The molecule has 0 radical (unpaired) electrons. The molecule has 2 fully saturated rings. The Kier molecular flexibility index (Phi) is 8.39. The molecule has 11 N–H and O–H groups in total. The van der Waals surface area contributed by atoms with Gasteiger partial charge in [-0.05, 0) is 25.1 Å². The molecule has 0 amide bonds. The van der Waals surface area contributed by atoms with Crippen molar-refractivity contribution in [2.75, 3.05) is 6.61 Å². The van der Waals surface area contributed by atoms with Gasteiger partial charge in [-0.15, -0.1) is 0 Å². The highest BCUT2D eigenvalue weighted by Crippen LogP contribution is 2.46. The molecule has 0 spiro atoms. The Morgan fingerprint density at radius 3 is 2.14 bits per heavy atom. The van der Waals surface area contributed by atoms with E-state index in [2.05, 4.69) is 4.74 Å². The van der Waals surface area contributed by atoms with E-state index < -0.39 is 85.6 Å². The average Bonchev–Trinajstić information content (AvgIpc) is 2.95. The van der Waals surface area contributed by atoms with Crippen molar-refractivity contribution >= 4 is 6.08 Å². The molecular weight excluding hydrogens is 564 g/mol. The van der Waals surface area contributed by atoms with Gasteiger partial charge in [0.25, 0.3) is 11.9 Å². The van der Waals surface area contributed by atoms with Crippen molar-refractivity contribution in [2.24, 2.45) is 0 Å². The van der Waals surface area contributed by atoms with Crippen LogP contribution in [-0.4, -0.2) is 124 Å². The van der Waals surface area contributed by atoms with E-state index in [0.29, 0.717) is 5.56 Å². The number of ether oxygens (including phenoxy) is 5. The van der Waals surface area contributed by atoms with Crippen molar-refractivity contribution in [1.29, 1.82) is 0 Å². The second-order valence-corrected chi connectivity index (χ2v) is 10.4. The first-order valence-corrected chi connectivity index (χ1v) is 13.0. The SMILES string of the molecule is CC1O[C@@H](OCC2O[C@@H](OC3=Cc4c(O)cc(O)cc4[OH+]C3c3ccc(O)c(O)c3)C(O)C(O)[C@@H]2O)C(O)[C@@H](O)[C@H]1O. The van der Waals surface area contributed by atoms with E-state index in [0.717, 1.165) is 6.07 Å². The van der Waals surface area contributed by atoms with Crippen LogP contribution in [-0.2, 0) is 18.9 Å². The summed E-state index contributed by atoms with van der Waals surface area (Å²) in [6.45, 7) is 0.945. The van der Waals surface area contributed by atoms with Gasteiger partial charge in [-0.1, -0.05) is 0 Å². The molecule has 15 nitrogen and oxygen atoms in total. The van der Waals surface area contributed by atoms with E-state index in [4.69, 9.17) is 18.9 Å². The molecule has 230 valence electrons. The molecule has 0 aliphatic carbocycles. The van der Waals surface area contributed by atoms with E-state index >= 15 is 0 Å². The van der Waals surface area contributed by atoms with Crippen LogP contribution in [0, 0.1) is 0 Å². The van der Waals surface area contributed by atoms with Crippen LogP contribution in [0.5, 0.6) is 28.7 Å². The molecule has 2 saturated heterocycles. The number of aromatic hydroxyl groups is 5. The minimum absolute atomic E-state index is 0.0436. The first-order valence-electron chi connectivity index (χ1n) is 13.0. The zero-order chi connectivity index (χ0) is 30.5. The van der Waals surface area contributed by atoms with Crippen LogP contribution in [0.4, 0.5) is 0 Å². The summed E-state index contributed by atoms with van der Waals surface area (Å²) in [5.74, 6) is -1.35. The van der Waals surface area contributed by atoms with E-state index in [1.807, 2.05) is 0 Å². The lowest BCUT2D eigenvalue weighted by Gasteiger charge is -2.42. The van der Waals surface area contributed by atoms with Crippen LogP contribution in [0.2, 0.25) is 0 Å². The van der Waals surface area contributed by atoms with Gasteiger partial charge < -0.3 is 74.7 Å². The lowest BCUT2D eigenvalue weighted by atomic mass is 9.98. The molecule has 2 aromatic carbocycles. The summed E-state index contributed by atoms with van der Waals surface area (Å²) in [7, 11) is 0. The highest BCUT2D eigenvalue weighted by molar-refractivity contribution is 5.69. The number of hydrogen-bond donors (Lipinski definition) is 10. The quantitative estimate of drug-likeness (QED) is 0.135. The first kappa shape index (κ1) is 30.1. The number of benzene rings is 2. The number of hydrogen-bond acceptors (Lipinski definition) is 14. The predicted molar refractivity (Wildman–Crippen MR) is 138 cm³/mol. The van der Waals surface area contributed by atoms with Crippen molar-refractivity contribution in [1.82, 2.24) is 0 Å². The summed E-state index contributed by atoms with van der Waals surface area (Å²) in [6.07, 6.45) is -14.9. The van der Waals surface area contributed by atoms with Gasteiger partial charge in [0.2, 0.25) is 6.29 Å². The maximum absolute atomic E-state index is 10.7. The second-order valence-electron chi connectivity index (χ2n) is 10.4. The fourth-order valence-electron chi connectivity index (χ4n) is 4.96. The maximum atomic E-state index is 10.7. The summed E-state index contributed by atoms with van der Waals surface area (Å²) in [6, 6.07) is 6.22. The Morgan fingerprint density at radius 1 is 0.738 bits per heavy atom. The Morgan fingerprint density at radius 2 is 1.43 bits per heavy atom. The highest BCUT2D eigenvalue weighted by Gasteiger charge is 2.48. The van der Waals surface area contributed by atoms with Crippen LogP contribution < -0.4 is 0 Å². The second kappa shape index (κ2) is 11.7. The summed E-state index contributed by atoms with van der Waals surface area (Å²) in [4.78, 5) is 0. The molecule has 3 aliphatic heterocycles. The van der Waals surface area contributed by atoms with E-state index in [9.17, 15) is 51.1 Å². The summed E-state index contributed by atoms with van der Waals surface area (Å²) in [5, 5.41) is 102. The van der Waals surface area contributed by atoms with Crippen molar-refractivity contribution < 1.29 is 74.7 Å². The minimum Gasteiger partial charge on any atom is -0.571 e. The average molecular weight is 598 g/mol. The van der Waals surface area contributed by atoms with Crippen molar-refractivity contribution in [2.45, 2.75) is 74.4 Å². The molecular formula is C27H33O15+. The molecule has 3 heterocycles. The molecule has 2 aromatic rings. The number of aliphatic hydroxyl groups is 7. The van der Waals surface area contributed by atoms with Gasteiger partial charge in [0.1, 0.15) is 59.8 Å². The first-order chi connectivity index (χ1) is 19.8. The topological polar surface area (TPSA) is 252 Å². The van der Waals surface area contributed by atoms with Crippen LogP contribution in [0.1, 0.15) is 24.2 Å². The van der Waals surface area contributed by atoms with Crippen LogP contribution in [0.3, 0.4) is 0 Å². The largest absolute Gasteiger partial charge is 0.571 e. The van der Waals surface area contributed by atoms with Crippen LogP contribution >= 0.6 is 0 Å². The Balaban J connectivity index is 1.39. The van der Waals surface area contributed by atoms with Crippen LogP contribution in [0.15, 0.2) is 36.1 Å². The molecule has 6 unspecified atom stereocenters. The molecule has 0 bridgehead atoms. The standard InChI is InChI=1S/C27H32O15/c1-9-19(32)21(34)23(36)26(39-9)38-8-18-20(33)22(35)24(37)27(42-18)41-17-7-12-14(30)5-11(28)6-16(12)40-25(17)10-2-3-13(29)15(31)4-10/h2-7,9,18-37H,8H2,1H3/p+1/t9?,18?,19-,20+,21-,22?,23?,24?,25?,26+,27+/m0/s1.